The third kappa shape index (κ3) is 4.79. The molecule has 0 radical (unpaired) electrons. The number of hydrogen-bond acceptors (Lipinski definition) is 6. The minimum absolute atomic E-state index is 0.0177. The minimum Gasteiger partial charge on any atom is -0.376 e. The van der Waals surface area contributed by atoms with Crippen LogP contribution in [-0.2, 0) is 4.74 Å². The first-order chi connectivity index (χ1) is 17.0. The molecule has 3 aliphatic heterocycles. The molecule has 9 nitrogen and oxygen atoms in total. The first-order valence-corrected chi connectivity index (χ1v) is 12.8. The molecule has 2 aromatic rings. The summed E-state index contributed by atoms with van der Waals surface area (Å²) in [5, 5.41) is 11.0. The predicted octanol–water partition coefficient (Wildman–Crippen LogP) is 2.32. The Morgan fingerprint density at radius 1 is 1.29 bits per heavy atom. The Balaban J connectivity index is 1.30. The lowest BCUT2D eigenvalue weighted by atomic mass is 9.79. The van der Waals surface area contributed by atoms with Gasteiger partial charge in [0.1, 0.15) is 0 Å². The molecular weight excluding hydrogens is 442 g/mol. The van der Waals surface area contributed by atoms with Gasteiger partial charge in [0.2, 0.25) is 0 Å². The SMILES string of the molecule is CO[C@@]1(C2C=CC(c3cc4c(N5CCN(C(=O)NC(C)C)CC5)ccnn4c3)=NC2)CCCNC1. The fourth-order valence-corrected chi connectivity index (χ4v) is 5.49. The van der Waals surface area contributed by atoms with E-state index in [1.165, 1.54) is 0 Å². The number of dihydropyridines is 1. The number of allylic oxidation sites excluding steroid dienone is 1. The van der Waals surface area contributed by atoms with Gasteiger partial charge in [0.25, 0.3) is 0 Å². The smallest absolute Gasteiger partial charge is 0.317 e. The highest BCUT2D eigenvalue weighted by Crippen LogP contribution is 2.32. The number of aliphatic imine (C=N–C) groups is 1. The average molecular weight is 480 g/mol. The van der Waals surface area contributed by atoms with Gasteiger partial charge in [0.05, 0.1) is 22.5 Å². The van der Waals surface area contributed by atoms with Gasteiger partial charge in [-0.1, -0.05) is 6.08 Å². The Hall–Kier alpha value is -2.91. The molecular formula is C26H37N7O2. The number of nitrogens with zero attached hydrogens (tertiary/aromatic N) is 5. The lowest BCUT2D eigenvalue weighted by Crippen LogP contribution is -2.53. The Morgan fingerprint density at radius 2 is 2.11 bits per heavy atom. The standard InChI is InChI=1S/C26H37N7O2/c1-19(2)30-25(34)32-13-11-31(12-14-32)23-7-10-29-33-17-20(15-24(23)33)22-6-5-21(16-28-22)26(35-3)8-4-9-27-18-26/h5-7,10,15,17,19,21,27H,4,8-9,11-14,16,18H2,1-3H3,(H,30,34)/t21?,26-/m0/s1. The fraction of sp³-hybridized carbons (Fsp3) is 0.577. The summed E-state index contributed by atoms with van der Waals surface area (Å²) in [6.45, 7) is 9.63. The summed E-state index contributed by atoms with van der Waals surface area (Å²) in [5.74, 6) is 0.277. The molecule has 2 atom stereocenters. The summed E-state index contributed by atoms with van der Waals surface area (Å²) in [6.07, 6.45) is 10.5. The molecule has 0 bridgehead atoms. The topological polar surface area (TPSA) is 86.5 Å². The van der Waals surface area contributed by atoms with Gasteiger partial charge in [0, 0.05) is 76.3 Å². The molecule has 0 spiro atoms. The van der Waals surface area contributed by atoms with E-state index in [0.29, 0.717) is 13.1 Å². The van der Waals surface area contributed by atoms with Crippen LogP contribution in [0.4, 0.5) is 10.5 Å². The second kappa shape index (κ2) is 9.99. The number of fused-ring (bicyclic) bond motifs is 1. The highest BCUT2D eigenvalue weighted by molar-refractivity contribution is 6.10. The number of carbonyl (C=O) groups excluding carboxylic acids is 1. The fourth-order valence-electron chi connectivity index (χ4n) is 5.49. The van der Waals surface area contributed by atoms with E-state index >= 15 is 0 Å². The molecule has 0 aromatic carbocycles. The number of methoxy groups -OCH3 is 1. The zero-order valence-electron chi connectivity index (χ0n) is 21.0. The molecule has 2 N–H and O–H groups in total. The van der Waals surface area contributed by atoms with Crippen molar-refractivity contribution in [2.45, 2.75) is 38.3 Å². The number of amides is 2. The van der Waals surface area contributed by atoms with Gasteiger partial charge in [-0.15, -0.1) is 0 Å². The second-order valence-electron chi connectivity index (χ2n) is 10.1. The maximum Gasteiger partial charge on any atom is 0.317 e. The third-order valence-corrected chi connectivity index (χ3v) is 7.51. The van der Waals surface area contributed by atoms with Crippen LogP contribution in [0.1, 0.15) is 32.3 Å². The van der Waals surface area contributed by atoms with Crippen LogP contribution in [0.15, 0.2) is 41.7 Å². The molecule has 2 aromatic heterocycles. The Labute approximate surface area is 207 Å². The molecule has 2 saturated heterocycles. The lowest BCUT2D eigenvalue weighted by molar-refractivity contribution is -0.0576. The van der Waals surface area contributed by atoms with Crippen LogP contribution in [-0.4, -0.2) is 90.8 Å². The number of carbonyl (C=O) groups is 1. The maximum absolute atomic E-state index is 12.4. The van der Waals surface area contributed by atoms with Gasteiger partial charge in [-0.3, -0.25) is 4.99 Å². The lowest BCUT2D eigenvalue weighted by Gasteiger charge is -2.41. The van der Waals surface area contributed by atoms with Crippen LogP contribution in [0.5, 0.6) is 0 Å². The van der Waals surface area contributed by atoms with Gasteiger partial charge in [-0.05, 0) is 51.4 Å². The van der Waals surface area contributed by atoms with Crippen LogP contribution >= 0.6 is 0 Å². The molecule has 5 heterocycles. The Kier molecular flexibility index (Phi) is 6.80. The van der Waals surface area contributed by atoms with Crippen LogP contribution < -0.4 is 15.5 Å². The monoisotopic (exact) mass is 479 g/mol. The van der Waals surface area contributed by atoms with Crippen molar-refractivity contribution in [2.75, 3.05) is 57.8 Å². The molecule has 1 unspecified atom stereocenters. The molecule has 0 saturated carbocycles. The number of aromatic nitrogens is 2. The first-order valence-electron chi connectivity index (χ1n) is 12.8. The van der Waals surface area contributed by atoms with Gasteiger partial charge in [-0.25, -0.2) is 9.31 Å². The maximum atomic E-state index is 12.4. The summed E-state index contributed by atoms with van der Waals surface area (Å²) >= 11 is 0. The zero-order valence-corrected chi connectivity index (χ0v) is 21.0. The Morgan fingerprint density at radius 3 is 2.77 bits per heavy atom. The number of hydrogen-bond donors (Lipinski definition) is 2. The van der Waals surface area contributed by atoms with Gasteiger partial charge in [0.15, 0.2) is 0 Å². The zero-order chi connectivity index (χ0) is 24.4. The van der Waals surface area contributed by atoms with Crippen LogP contribution in [0.2, 0.25) is 0 Å². The van der Waals surface area contributed by atoms with Crippen molar-refractivity contribution in [1.82, 2.24) is 25.1 Å². The first kappa shape index (κ1) is 23.8. The number of piperazine rings is 1. The van der Waals surface area contributed by atoms with Crippen molar-refractivity contribution in [3.63, 3.8) is 0 Å². The van der Waals surface area contributed by atoms with E-state index in [1.54, 1.807) is 0 Å². The van der Waals surface area contributed by atoms with Crippen molar-refractivity contribution < 1.29 is 9.53 Å². The number of rotatable bonds is 5. The highest BCUT2D eigenvalue weighted by Gasteiger charge is 2.39. The van der Waals surface area contributed by atoms with Crippen LogP contribution in [0.25, 0.3) is 5.52 Å². The van der Waals surface area contributed by atoms with E-state index in [0.717, 1.165) is 68.0 Å². The predicted molar refractivity (Wildman–Crippen MR) is 139 cm³/mol. The summed E-state index contributed by atoms with van der Waals surface area (Å²) in [5.41, 5.74) is 4.09. The van der Waals surface area contributed by atoms with E-state index in [4.69, 9.17) is 9.73 Å². The quantitative estimate of drug-likeness (QED) is 0.688. The van der Waals surface area contributed by atoms with Gasteiger partial charge in [-0.2, -0.15) is 5.10 Å². The van der Waals surface area contributed by atoms with E-state index in [2.05, 4.69) is 51.1 Å². The summed E-state index contributed by atoms with van der Waals surface area (Å²) in [7, 11) is 1.82. The van der Waals surface area contributed by atoms with Gasteiger partial charge >= 0.3 is 6.03 Å². The Bertz CT molecular complexity index is 1110. The number of ether oxygens (including phenoxy) is 1. The highest BCUT2D eigenvalue weighted by atomic mass is 16.5. The van der Waals surface area contributed by atoms with Crippen molar-refractivity contribution in [1.29, 1.82) is 0 Å². The molecule has 2 fully saturated rings. The van der Waals surface area contributed by atoms with Crippen LogP contribution in [0, 0.1) is 5.92 Å². The molecule has 0 aliphatic carbocycles. The molecule has 2 amide bonds. The normalized spacial score (nSPS) is 25.3. The third-order valence-electron chi connectivity index (χ3n) is 7.51. The van der Waals surface area contributed by atoms with Crippen molar-refractivity contribution >= 4 is 22.9 Å². The minimum atomic E-state index is -0.168. The van der Waals surface area contributed by atoms with E-state index in [-0.39, 0.29) is 23.6 Å². The summed E-state index contributed by atoms with van der Waals surface area (Å²) in [6, 6.07) is 4.41. The van der Waals surface area contributed by atoms with Crippen LogP contribution in [0.3, 0.4) is 0 Å². The van der Waals surface area contributed by atoms with Crippen molar-refractivity contribution in [2.24, 2.45) is 10.9 Å². The molecule has 9 heteroatoms. The van der Waals surface area contributed by atoms with E-state index in [1.807, 2.05) is 36.6 Å². The molecule has 188 valence electrons. The number of anilines is 1. The summed E-state index contributed by atoms with van der Waals surface area (Å²) < 4.78 is 7.94. The number of urea groups is 1. The largest absolute Gasteiger partial charge is 0.376 e. The molecule has 5 rings (SSSR count). The summed E-state index contributed by atoms with van der Waals surface area (Å²) in [4.78, 5) is 21.5. The van der Waals surface area contributed by atoms with E-state index in [9.17, 15) is 4.79 Å². The van der Waals surface area contributed by atoms with Crippen molar-refractivity contribution in [3.05, 3.63) is 42.2 Å². The molecule has 35 heavy (non-hydrogen) atoms. The van der Waals surface area contributed by atoms with Gasteiger partial charge < -0.3 is 25.2 Å². The van der Waals surface area contributed by atoms with Crippen molar-refractivity contribution in [3.8, 4) is 0 Å². The molecule has 3 aliphatic rings. The van der Waals surface area contributed by atoms with E-state index < -0.39 is 0 Å². The second-order valence-corrected chi connectivity index (χ2v) is 10.1. The number of piperidine rings is 1. The average Bonchev–Trinajstić information content (AvgIpc) is 3.33. The number of nitrogens with one attached hydrogen (secondary N) is 2.